The summed E-state index contributed by atoms with van der Waals surface area (Å²) in [6.45, 7) is 4.26. The van der Waals surface area contributed by atoms with E-state index in [-0.39, 0.29) is 23.6 Å². The van der Waals surface area contributed by atoms with Gasteiger partial charge in [0, 0.05) is 53.2 Å². The van der Waals surface area contributed by atoms with Crippen molar-refractivity contribution in [1.82, 2.24) is 14.6 Å². The van der Waals surface area contributed by atoms with Crippen molar-refractivity contribution in [2.45, 2.75) is 43.3 Å². The lowest BCUT2D eigenvalue weighted by molar-refractivity contribution is 0.0587. The molecule has 0 bridgehead atoms. The highest BCUT2D eigenvalue weighted by Gasteiger charge is 2.43. The zero-order chi connectivity index (χ0) is 25.1. The Bertz CT molecular complexity index is 1370. The van der Waals surface area contributed by atoms with Gasteiger partial charge in [-0.05, 0) is 26.0 Å². The average molecular weight is 466 g/mol. The number of halogens is 1. The lowest BCUT2D eigenvalue weighted by Crippen LogP contribution is -2.65. The summed E-state index contributed by atoms with van der Waals surface area (Å²) >= 11 is 0. The summed E-state index contributed by atoms with van der Waals surface area (Å²) in [5, 5.41) is 0.545. The van der Waals surface area contributed by atoms with Crippen LogP contribution in [0.3, 0.4) is 0 Å². The average Bonchev–Trinajstić information content (AvgIpc) is 2.78. The number of rotatable bonds is 3. The van der Waals surface area contributed by atoms with Crippen LogP contribution in [0.15, 0.2) is 35.3 Å². The minimum Gasteiger partial charge on any atom is -0.501 e. The van der Waals surface area contributed by atoms with Crippen molar-refractivity contribution in [2.24, 2.45) is 0 Å². The maximum Gasteiger partial charge on any atom is 0.274 e. The fourth-order valence-corrected chi connectivity index (χ4v) is 4.19. The summed E-state index contributed by atoms with van der Waals surface area (Å²) in [7, 11) is 23.1. The van der Waals surface area contributed by atoms with E-state index in [0.29, 0.717) is 30.2 Å². The number of nitrogens with zero attached hydrogens (tertiary/aromatic N) is 4. The number of hydrogen-bond acceptors (Lipinski definition) is 7. The molecule has 0 saturated carbocycles. The molecule has 1 aromatic carbocycles. The number of fused-ring (bicyclic) bond motifs is 2. The van der Waals surface area contributed by atoms with Crippen molar-refractivity contribution >= 4 is 42.9 Å². The van der Waals surface area contributed by atoms with Crippen LogP contribution in [0.4, 0.5) is 10.2 Å². The summed E-state index contributed by atoms with van der Waals surface area (Å²) < 4.78 is 33.3. The Morgan fingerprint density at radius 1 is 1.09 bits per heavy atom. The van der Waals surface area contributed by atoms with E-state index >= 15 is 4.39 Å². The maximum atomic E-state index is 15.3. The maximum absolute atomic E-state index is 15.3. The van der Waals surface area contributed by atoms with Gasteiger partial charge >= 0.3 is 0 Å². The third-order valence-corrected chi connectivity index (χ3v) is 6.40. The Balaban J connectivity index is 1.33. The number of benzene rings is 1. The molecule has 0 spiro atoms. The molecule has 2 aliphatic heterocycles. The van der Waals surface area contributed by atoms with Crippen LogP contribution in [0.25, 0.3) is 5.65 Å². The first kappa shape index (κ1) is 23.6. The molecule has 1 fully saturated rings. The van der Waals surface area contributed by atoms with E-state index in [0.717, 1.165) is 11.1 Å². The molecule has 0 unspecified atom stereocenters. The van der Waals surface area contributed by atoms with Gasteiger partial charge in [0.05, 0.1) is 6.54 Å². The Kier molecular flexibility index (Phi) is 5.56. The SMILES string of the molecule is [B]C1([B])Oc2ccc(O[C@H]3CCN(c4nn5c(=O)ccnc5c(C)c4C)C[C@H]3F)cc2OC1([B])[B]. The van der Waals surface area contributed by atoms with E-state index in [1.54, 1.807) is 6.07 Å². The molecule has 35 heavy (non-hydrogen) atoms. The second-order valence-electron chi connectivity index (χ2n) is 8.90. The Morgan fingerprint density at radius 2 is 1.80 bits per heavy atom. The number of ether oxygens (including phenoxy) is 3. The quantitative estimate of drug-likeness (QED) is 0.520. The van der Waals surface area contributed by atoms with Crippen LogP contribution in [-0.4, -0.2) is 82.1 Å². The highest BCUT2D eigenvalue weighted by atomic mass is 19.1. The van der Waals surface area contributed by atoms with Gasteiger partial charge in [0.25, 0.3) is 5.56 Å². The van der Waals surface area contributed by atoms with Crippen LogP contribution in [0.5, 0.6) is 17.2 Å². The van der Waals surface area contributed by atoms with Gasteiger partial charge < -0.3 is 19.1 Å². The largest absolute Gasteiger partial charge is 0.501 e. The minimum absolute atomic E-state index is 0.0423. The summed E-state index contributed by atoms with van der Waals surface area (Å²) in [4.78, 5) is 18.3. The molecule has 2 aliphatic rings. The van der Waals surface area contributed by atoms with Crippen molar-refractivity contribution < 1.29 is 18.6 Å². The molecule has 2 aromatic heterocycles. The molecule has 8 nitrogen and oxygen atoms in total. The van der Waals surface area contributed by atoms with Gasteiger partial charge in [0.15, 0.2) is 29.1 Å². The van der Waals surface area contributed by atoms with Gasteiger partial charge in [0.1, 0.15) is 43.2 Å². The highest BCUT2D eigenvalue weighted by Crippen LogP contribution is 2.41. The van der Waals surface area contributed by atoms with E-state index in [1.165, 1.54) is 28.9 Å². The Labute approximate surface area is 206 Å². The molecule has 3 aromatic rings. The van der Waals surface area contributed by atoms with Gasteiger partial charge in [-0.1, -0.05) is 0 Å². The molecule has 4 heterocycles. The second-order valence-corrected chi connectivity index (χ2v) is 8.90. The predicted molar refractivity (Wildman–Crippen MR) is 131 cm³/mol. The molecule has 1 saturated heterocycles. The first-order valence-corrected chi connectivity index (χ1v) is 11.1. The van der Waals surface area contributed by atoms with Gasteiger partial charge in [0.2, 0.25) is 0 Å². The second kappa shape index (κ2) is 8.24. The van der Waals surface area contributed by atoms with Crippen LogP contribution in [-0.2, 0) is 0 Å². The van der Waals surface area contributed by atoms with E-state index in [9.17, 15) is 4.79 Å². The lowest BCUT2D eigenvalue weighted by Gasteiger charge is -2.48. The third-order valence-electron chi connectivity index (χ3n) is 6.40. The summed E-state index contributed by atoms with van der Waals surface area (Å²) in [5.74, 6) is 1.30. The summed E-state index contributed by atoms with van der Waals surface area (Å²) in [6.07, 6.45) is -0.220. The van der Waals surface area contributed by atoms with Crippen LogP contribution >= 0.6 is 0 Å². The topological polar surface area (TPSA) is 78.2 Å². The fraction of sp³-hybridized carbons (Fsp3) is 0.409. The number of alkyl halides is 1. The number of piperidine rings is 1. The first-order chi connectivity index (χ1) is 16.5. The number of aromatic nitrogens is 3. The van der Waals surface area contributed by atoms with Crippen molar-refractivity contribution in [3.8, 4) is 17.2 Å². The van der Waals surface area contributed by atoms with Crippen LogP contribution in [0.2, 0.25) is 0 Å². The van der Waals surface area contributed by atoms with Gasteiger partial charge in [-0.2, -0.15) is 4.52 Å². The molecular weight excluding hydrogens is 447 g/mol. The standard InChI is InChI=1S/C22H19B4FN4O4/c1-11-12(2)20(29-31-18(32)5-7-28-19(11)31)30-8-6-15(14(27)10-30)33-13-3-4-16-17(9-13)35-22(25,26)21(23,24)34-16/h3-5,7,9,14-15H,6,8,10H2,1-2H3/t14-,15+/m1/s1. The van der Waals surface area contributed by atoms with Gasteiger partial charge in [-0.3, -0.25) is 4.79 Å². The molecule has 2 atom stereocenters. The van der Waals surface area contributed by atoms with E-state index in [2.05, 4.69) is 10.1 Å². The number of hydrogen-bond donors (Lipinski definition) is 0. The predicted octanol–water partition coefficient (Wildman–Crippen LogP) is 0.455. The van der Waals surface area contributed by atoms with Crippen molar-refractivity contribution in [3.05, 3.63) is 51.9 Å². The number of anilines is 1. The Morgan fingerprint density at radius 3 is 2.51 bits per heavy atom. The molecular formula is C22H19B4FN4O4. The summed E-state index contributed by atoms with van der Waals surface area (Å²) in [5.41, 5.74) is 1.83. The molecule has 0 aliphatic carbocycles. The fourth-order valence-electron chi connectivity index (χ4n) is 4.19. The zero-order valence-corrected chi connectivity index (χ0v) is 19.3. The van der Waals surface area contributed by atoms with Crippen LogP contribution in [0, 0.1) is 13.8 Å². The molecule has 5 rings (SSSR count). The lowest BCUT2D eigenvalue weighted by atomic mass is 9.41. The van der Waals surface area contributed by atoms with Gasteiger partial charge in [-0.25, -0.2) is 9.37 Å². The van der Waals surface area contributed by atoms with E-state index < -0.39 is 23.1 Å². The zero-order valence-electron chi connectivity index (χ0n) is 19.3. The normalized spacial score (nSPS) is 22.7. The van der Waals surface area contributed by atoms with Crippen molar-refractivity contribution in [2.75, 3.05) is 18.0 Å². The summed E-state index contributed by atoms with van der Waals surface area (Å²) in [6, 6.07) is 5.96. The molecule has 13 heteroatoms. The van der Waals surface area contributed by atoms with Crippen LogP contribution in [0.1, 0.15) is 17.5 Å². The monoisotopic (exact) mass is 466 g/mol. The van der Waals surface area contributed by atoms with E-state index in [1.807, 2.05) is 18.7 Å². The van der Waals surface area contributed by atoms with Gasteiger partial charge in [-0.15, -0.1) is 5.10 Å². The minimum atomic E-state index is -1.98. The molecule has 0 amide bonds. The van der Waals surface area contributed by atoms with Crippen molar-refractivity contribution in [3.63, 3.8) is 0 Å². The smallest absolute Gasteiger partial charge is 0.274 e. The molecule has 170 valence electrons. The molecule has 0 N–H and O–H groups in total. The Hall–Kier alpha value is -3.10. The highest BCUT2D eigenvalue weighted by molar-refractivity contribution is 6.53. The van der Waals surface area contributed by atoms with E-state index in [4.69, 9.17) is 45.6 Å². The van der Waals surface area contributed by atoms with Crippen molar-refractivity contribution in [1.29, 1.82) is 0 Å². The first-order valence-electron chi connectivity index (χ1n) is 11.1. The van der Waals surface area contributed by atoms with Crippen LogP contribution < -0.4 is 24.7 Å². The third kappa shape index (κ3) is 4.04. The molecule has 8 radical (unpaired) electrons. The number of aryl methyl sites for hydroxylation is 1.